The summed E-state index contributed by atoms with van der Waals surface area (Å²) in [6, 6.07) is 20.6. The van der Waals surface area contributed by atoms with E-state index in [1.807, 2.05) is 48.2 Å². The second-order valence-corrected chi connectivity index (χ2v) is 11.3. The number of alkyl halides is 1. The zero-order chi connectivity index (χ0) is 31.5. The van der Waals surface area contributed by atoms with E-state index in [2.05, 4.69) is 11.1 Å². The smallest absolute Gasteiger partial charge is 0.335 e. The molecule has 0 aliphatic carbocycles. The SMILES string of the molecule is Cc1ccc(OC2CCN(C(=O)c3ccc(C(=O)CC4CCN(Cc5ccc(C#N)cc5)C[C@H]4F)nc3)CC2)cc1.O=S=O. The summed E-state index contributed by atoms with van der Waals surface area (Å²) in [5, 5.41) is 8.95. The Kier molecular flexibility index (Phi) is 11.9. The molecule has 9 nitrogen and oxygen atoms in total. The van der Waals surface area contributed by atoms with Gasteiger partial charge in [0.05, 0.1) is 17.2 Å². The minimum absolute atomic E-state index is 0.0713. The Morgan fingerprint density at radius 3 is 2.27 bits per heavy atom. The number of amides is 1. The Morgan fingerprint density at radius 1 is 1.00 bits per heavy atom. The second-order valence-electron chi connectivity index (χ2n) is 11.2. The van der Waals surface area contributed by atoms with Gasteiger partial charge in [0.15, 0.2) is 5.78 Å². The summed E-state index contributed by atoms with van der Waals surface area (Å²) in [5.41, 5.74) is 3.52. The van der Waals surface area contributed by atoms with Gasteiger partial charge in [-0.1, -0.05) is 29.8 Å². The van der Waals surface area contributed by atoms with Crippen LogP contribution in [0.25, 0.3) is 0 Å². The number of halogens is 1. The Labute approximate surface area is 260 Å². The van der Waals surface area contributed by atoms with Gasteiger partial charge >= 0.3 is 11.6 Å². The number of ether oxygens (including phenoxy) is 1. The Morgan fingerprint density at radius 2 is 1.68 bits per heavy atom. The maximum absolute atomic E-state index is 15.0. The van der Waals surface area contributed by atoms with E-state index >= 15 is 4.39 Å². The molecule has 2 aliphatic rings. The number of Topliss-reactive ketones (excluding diaryl/α,β-unsaturated/α-hetero) is 1. The van der Waals surface area contributed by atoms with Gasteiger partial charge in [0.2, 0.25) is 0 Å². The number of piperidine rings is 2. The van der Waals surface area contributed by atoms with Crippen LogP contribution in [0.5, 0.6) is 5.75 Å². The molecule has 1 aromatic heterocycles. The highest BCUT2D eigenvalue weighted by Crippen LogP contribution is 2.27. The molecular weight excluding hydrogens is 583 g/mol. The number of hydrogen-bond donors (Lipinski definition) is 0. The lowest BCUT2D eigenvalue weighted by Crippen LogP contribution is -2.42. The summed E-state index contributed by atoms with van der Waals surface area (Å²) in [6.07, 6.45) is 2.61. The quantitative estimate of drug-likeness (QED) is 0.333. The molecule has 44 heavy (non-hydrogen) atoms. The number of aryl methyl sites for hydroxylation is 1. The number of aromatic nitrogens is 1. The van der Waals surface area contributed by atoms with Crippen LogP contribution in [0.3, 0.4) is 0 Å². The number of carbonyl (C=O) groups excluding carboxylic acids is 2. The second kappa shape index (κ2) is 16.0. The number of hydrogen-bond acceptors (Lipinski definition) is 8. The number of benzene rings is 2. The number of nitrogens with zero attached hydrogens (tertiary/aromatic N) is 4. The summed E-state index contributed by atoms with van der Waals surface area (Å²) in [6.45, 7) is 4.81. The highest BCUT2D eigenvalue weighted by Gasteiger charge is 2.31. The van der Waals surface area contributed by atoms with Crippen LogP contribution in [0.4, 0.5) is 4.39 Å². The Hall–Kier alpha value is -4.27. The highest BCUT2D eigenvalue weighted by molar-refractivity contribution is 7.51. The maximum atomic E-state index is 15.0. The minimum atomic E-state index is -1.11. The van der Waals surface area contributed by atoms with Crippen molar-refractivity contribution in [2.75, 3.05) is 26.2 Å². The predicted molar refractivity (Wildman–Crippen MR) is 162 cm³/mol. The van der Waals surface area contributed by atoms with Crippen molar-refractivity contribution in [3.63, 3.8) is 0 Å². The van der Waals surface area contributed by atoms with Crippen molar-refractivity contribution in [2.45, 2.75) is 51.4 Å². The molecule has 2 saturated heterocycles. The van der Waals surface area contributed by atoms with Crippen LogP contribution in [-0.4, -0.2) is 73.3 Å². The van der Waals surface area contributed by atoms with Crippen molar-refractivity contribution < 1.29 is 27.1 Å². The third-order valence-electron chi connectivity index (χ3n) is 8.05. The van der Waals surface area contributed by atoms with Crippen LogP contribution in [0.2, 0.25) is 0 Å². The zero-order valence-corrected chi connectivity index (χ0v) is 25.4. The Bertz CT molecular complexity index is 1480. The fraction of sp³-hybridized carbons (Fsp3) is 0.394. The summed E-state index contributed by atoms with van der Waals surface area (Å²) in [4.78, 5) is 34.0. The van der Waals surface area contributed by atoms with Gasteiger partial charge < -0.3 is 9.64 Å². The number of likely N-dealkylation sites (tertiary alicyclic amines) is 2. The molecule has 0 radical (unpaired) electrons. The van der Waals surface area contributed by atoms with Crippen LogP contribution in [-0.2, 0) is 18.1 Å². The number of pyridine rings is 1. The standard InChI is InChI=1S/C33H35FN4O3.O2S/c1-23-2-9-28(10-3-23)41-29-13-16-38(17-14-29)33(40)27-8-11-31(36-20-27)32(39)18-26-12-15-37(22-30(26)34)21-25-6-4-24(19-35)5-7-25;1-3-2/h2-11,20,26,29-30H,12-18,21-22H2,1H3;/t26?,30-;/m1./s1. The van der Waals surface area contributed by atoms with Gasteiger partial charge in [-0.3, -0.25) is 19.5 Å². The third kappa shape index (κ3) is 9.11. The normalized spacial score (nSPS) is 18.8. The Balaban J connectivity index is 0.00000141. The van der Waals surface area contributed by atoms with E-state index in [4.69, 9.17) is 18.4 Å². The number of carbonyl (C=O) groups is 2. The topological polar surface area (TPSA) is 121 Å². The fourth-order valence-corrected chi connectivity index (χ4v) is 5.53. The van der Waals surface area contributed by atoms with E-state index in [0.717, 1.165) is 24.2 Å². The van der Waals surface area contributed by atoms with Crippen molar-refractivity contribution in [1.29, 1.82) is 5.26 Å². The first kappa shape index (κ1) is 32.6. The first-order chi connectivity index (χ1) is 21.3. The molecule has 3 heterocycles. The molecule has 0 bridgehead atoms. The van der Waals surface area contributed by atoms with E-state index in [1.165, 1.54) is 11.8 Å². The predicted octanol–water partition coefficient (Wildman–Crippen LogP) is 4.71. The van der Waals surface area contributed by atoms with E-state index in [-0.39, 0.29) is 42.4 Å². The van der Waals surface area contributed by atoms with Crippen molar-refractivity contribution >= 4 is 23.3 Å². The summed E-state index contributed by atoms with van der Waals surface area (Å²) < 4.78 is 37.7. The molecule has 5 rings (SSSR count). The third-order valence-corrected chi connectivity index (χ3v) is 8.05. The van der Waals surface area contributed by atoms with Crippen LogP contribution in [0, 0.1) is 24.2 Å². The zero-order valence-electron chi connectivity index (χ0n) is 24.6. The molecule has 2 aliphatic heterocycles. The van der Waals surface area contributed by atoms with Gasteiger partial charge in [-0.25, -0.2) is 4.39 Å². The van der Waals surface area contributed by atoms with Crippen LogP contribution < -0.4 is 4.74 Å². The van der Waals surface area contributed by atoms with Crippen LogP contribution >= 0.6 is 0 Å². The molecule has 11 heteroatoms. The van der Waals surface area contributed by atoms with Crippen molar-refractivity contribution in [1.82, 2.24) is 14.8 Å². The number of nitriles is 1. The van der Waals surface area contributed by atoms with E-state index in [0.29, 0.717) is 43.7 Å². The molecule has 2 aromatic carbocycles. The average molecular weight is 619 g/mol. The fourth-order valence-electron chi connectivity index (χ4n) is 5.53. The van der Waals surface area contributed by atoms with Gasteiger partial charge in [-0.2, -0.15) is 13.7 Å². The van der Waals surface area contributed by atoms with Crippen molar-refractivity contribution in [2.24, 2.45) is 5.92 Å². The lowest BCUT2D eigenvalue weighted by molar-refractivity contribution is 0.0594. The van der Waals surface area contributed by atoms with Crippen LogP contribution in [0.1, 0.15) is 63.2 Å². The summed E-state index contributed by atoms with van der Waals surface area (Å²) >= 11 is -0.750. The molecule has 2 atom stereocenters. The van der Waals surface area contributed by atoms with Crippen LogP contribution in [0.15, 0.2) is 66.9 Å². The van der Waals surface area contributed by atoms with Gasteiger partial charge in [0.25, 0.3) is 5.91 Å². The molecule has 2 fully saturated rings. The molecule has 0 N–H and O–H groups in total. The summed E-state index contributed by atoms with van der Waals surface area (Å²) in [7, 11) is 0. The van der Waals surface area contributed by atoms with E-state index in [9.17, 15) is 9.59 Å². The molecule has 0 saturated carbocycles. The molecule has 230 valence electrons. The minimum Gasteiger partial charge on any atom is -0.490 e. The molecule has 1 amide bonds. The first-order valence-electron chi connectivity index (χ1n) is 14.6. The van der Waals surface area contributed by atoms with Gasteiger partial charge in [-0.15, -0.1) is 0 Å². The molecular formula is C33H35FN4O5S. The molecule has 3 aromatic rings. The van der Waals surface area contributed by atoms with Gasteiger partial charge in [0.1, 0.15) is 23.7 Å². The number of ketones is 1. The van der Waals surface area contributed by atoms with E-state index < -0.39 is 17.7 Å². The van der Waals surface area contributed by atoms with Gasteiger partial charge in [-0.05, 0) is 67.8 Å². The van der Waals surface area contributed by atoms with Gasteiger partial charge in [0, 0.05) is 51.6 Å². The highest BCUT2D eigenvalue weighted by atomic mass is 32.1. The monoisotopic (exact) mass is 618 g/mol. The first-order valence-corrected chi connectivity index (χ1v) is 15.3. The lowest BCUT2D eigenvalue weighted by atomic mass is 9.89. The summed E-state index contributed by atoms with van der Waals surface area (Å²) in [5.74, 6) is 0.179. The maximum Gasteiger partial charge on any atom is 0.335 e. The van der Waals surface area contributed by atoms with E-state index in [1.54, 1.807) is 29.2 Å². The van der Waals surface area contributed by atoms with Crippen molar-refractivity contribution in [3.8, 4) is 11.8 Å². The lowest BCUT2D eigenvalue weighted by Gasteiger charge is -2.34. The van der Waals surface area contributed by atoms with Crippen molar-refractivity contribution in [3.05, 3.63) is 94.8 Å². The molecule has 1 unspecified atom stereocenters. The average Bonchev–Trinajstić information content (AvgIpc) is 3.04. The number of rotatable bonds is 8. The molecule has 0 spiro atoms. The largest absolute Gasteiger partial charge is 0.490 e.